The highest BCUT2D eigenvalue weighted by molar-refractivity contribution is 7.92. The minimum Gasteiger partial charge on any atom is -0.378 e. The average molecular weight is 524 g/mol. The van der Waals surface area contributed by atoms with Crippen LogP contribution >= 0.6 is 23.2 Å². The Morgan fingerprint density at radius 1 is 0.912 bits per heavy atom. The number of nitrogens with one attached hydrogen (secondary N) is 2. The lowest BCUT2D eigenvalue weighted by atomic mass is 10.2. The SMILES string of the molecule is O=C(Nc1ccc(N2CCOCC2)cc1)c1cc(S(=O)(=O)Nc2ccc(F)cc2)c(Cl)cc1Cl. The number of nitrogens with zero attached hydrogens (tertiary/aromatic N) is 1. The molecule has 1 heterocycles. The predicted molar refractivity (Wildman–Crippen MR) is 131 cm³/mol. The number of carbonyl (C=O) groups is 1. The van der Waals surface area contributed by atoms with Crippen molar-refractivity contribution in [2.75, 3.05) is 41.2 Å². The van der Waals surface area contributed by atoms with E-state index in [0.29, 0.717) is 18.9 Å². The van der Waals surface area contributed by atoms with Gasteiger partial charge in [-0.2, -0.15) is 0 Å². The maximum atomic E-state index is 13.1. The summed E-state index contributed by atoms with van der Waals surface area (Å²) in [4.78, 5) is 14.7. The number of rotatable bonds is 6. The van der Waals surface area contributed by atoms with E-state index < -0.39 is 21.7 Å². The Morgan fingerprint density at radius 3 is 2.18 bits per heavy atom. The Labute approximate surface area is 206 Å². The molecular weight excluding hydrogens is 504 g/mol. The molecule has 0 saturated carbocycles. The number of amides is 1. The molecule has 1 saturated heterocycles. The van der Waals surface area contributed by atoms with Crippen molar-refractivity contribution in [1.82, 2.24) is 0 Å². The summed E-state index contributed by atoms with van der Waals surface area (Å²) in [6.07, 6.45) is 0. The highest BCUT2D eigenvalue weighted by Crippen LogP contribution is 2.31. The molecule has 0 aromatic heterocycles. The lowest BCUT2D eigenvalue weighted by molar-refractivity contribution is 0.102. The molecule has 4 rings (SSSR count). The number of ether oxygens (including phenoxy) is 1. The van der Waals surface area contributed by atoms with Crippen LogP contribution in [0.15, 0.2) is 65.6 Å². The molecule has 2 N–H and O–H groups in total. The highest BCUT2D eigenvalue weighted by atomic mass is 35.5. The van der Waals surface area contributed by atoms with Crippen molar-refractivity contribution in [3.63, 3.8) is 0 Å². The first-order valence-electron chi connectivity index (χ1n) is 10.2. The van der Waals surface area contributed by atoms with E-state index in [1.54, 1.807) is 12.1 Å². The van der Waals surface area contributed by atoms with Crippen LogP contribution in [-0.2, 0) is 14.8 Å². The summed E-state index contributed by atoms with van der Waals surface area (Å²) in [5, 5.41) is 2.55. The number of hydrogen-bond donors (Lipinski definition) is 2. The molecule has 11 heteroatoms. The van der Waals surface area contributed by atoms with Crippen molar-refractivity contribution < 1.29 is 22.3 Å². The summed E-state index contributed by atoms with van der Waals surface area (Å²) in [5.41, 5.74) is 1.59. The van der Waals surface area contributed by atoms with Crippen molar-refractivity contribution in [2.24, 2.45) is 0 Å². The molecule has 3 aromatic rings. The Kier molecular flexibility index (Phi) is 7.27. The zero-order chi connectivity index (χ0) is 24.3. The number of anilines is 3. The molecule has 0 unspecified atom stereocenters. The van der Waals surface area contributed by atoms with Crippen LogP contribution in [0.2, 0.25) is 10.0 Å². The number of benzene rings is 3. The molecule has 0 radical (unpaired) electrons. The second kappa shape index (κ2) is 10.2. The largest absolute Gasteiger partial charge is 0.378 e. The number of halogens is 3. The zero-order valence-corrected chi connectivity index (χ0v) is 20.1. The van der Waals surface area contributed by atoms with Crippen molar-refractivity contribution in [1.29, 1.82) is 0 Å². The molecule has 0 spiro atoms. The van der Waals surface area contributed by atoms with E-state index in [0.717, 1.165) is 37.0 Å². The normalized spacial score (nSPS) is 14.0. The third-order valence-electron chi connectivity index (χ3n) is 5.15. The zero-order valence-electron chi connectivity index (χ0n) is 17.7. The Hall–Kier alpha value is -2.85. The van der Waals surface area contributed by atoms with Gasteiger partial charge in [-0.1, -0.05) is 23.2 Å². The fraction of sp³-hybridized carbons (Fsp3) is 0.174. The van der Waals surface area contributed by atoms with Gasteiger partial charge in [-0.15, -0.1) is 0 Å². The van der Waals surface area contributed by atoms with E-state index in [9.17, 15) is 17.6 Å². The fourth-order valence-electron chi connectivity index (χ4n) is 3.41. The quantitative estimate of drug-likeness (QED) is 0.473. The molecule has 1 aliphatic rings. The van der Waals surface area contributed by atoms with Crippen molar-refractivity contribution in [2.45, 2.75) is 4.90 Å². The number of morpholine rings is 1. The number of hydrogen-bond acceptors (Lipinski definition) is 5. The second-order valence-corrected chi connectivity index (χ2v) is 9.94. The molecule has 34 heavy (non-hydrogen) atoms. The predicted octanol–water partition coefficient (Wildman–Crippen LogP) is 5.02. The first kappa shape index (κ1) is 24.3. The molecular formula is C23H20Cl2FN3O4S. The van der Waals surface area contributed by atoms with Gasteiger partial charge in [0.05, 0.1) is 28.8 Å². The Morgan fingerprint density at radius 2 is 1.53 bits per heavy atom. The monoisotopic (exact) mass is 523 g/mol. The summed E-state index contributed by atoms with van der Waals surface area (Å²) in [6.45, 7) is 2.90. The van der Waals surface area contributed by atoms with Gasteiger partial charge in [-0.3, -0.25) is 9.52 Å². The summed E-state index contributed by atoms with van der Waals surface area (Å²) < 4.78 is 46.5. The smallest absolute Gasteiger partial charge is 0.263 e. The summed E-state index contributed by atoms with van der Waals surface area (Å²) in [5.74, 6) is -1.11. The lowest BCUT2D eigenvalue weighted by Gasteiger charge is -2.28. The van der Waals surface area contributed by atoms with Gasteiger partial charge in [0.2, 0.25) is 0 Å². The van der Waals surface area contributed by atoms with Crippen LogP contribution in [0.4, 0.5) is 21.5 Å². The Bertz CT molecular complexity index is 1300. The van der Waals surface area contributed by atoms with Gasteiger partial charge in [0.1, 0.15) is 10.7 Å². The van der Waals surface area contributed by atoms with Crippen molar-refractivity contribution >= 4 is 56.2 Å². The van der Waals surface area contributed by atoms with E-state index in [1.165, 1.54) is 18.2 Å². The fourth-order valence-corrected chi connectivity index (χ4v) is 5.33. The van der Waals surface area contributed by atoms with Gasteiger partial charge in [0.15, 0.2) is 0 Å². The number of sulfonamides is 1. The lowest BCUT2D eigenvalue weighted by Crippen LogP contribution is -2.36. The third kappa shape index (κ3) is 5.61. The maximum absolute atomic E-state index is 13.1. The summed E-state index contributed by atoms with van der Waals surface area (Å²) in [6, 6.07) is 14.3. The first-order valence-corrected chi connectivity index (χ1v) is 12.5. The average Bonchev–Trinajstić information content (AvgIpc) is 2.81. The topological polar surface area (TPSA) is 87.7 Å². The molecule has 0 aliphatic carbocycles. The van der Waals surface area contributed by atoms with Crippen LogP contribution in [0.25, 0.3) is 0 Å². The second-order valence-electron chi connectivity index (χ2n) is 7.48. The van der Waals surface area contributed by atoms with Crippen LogP contribution in [-0.4, -0.2) is 40.6 Å². The Balaban J connectivity index is 1.54. The molecule has 178 valence electrons. The highest BCUT2D eigenvalue weighted by Gasteiger charge is 2.23. The van der Waals surface area contributed by atoms with Crippen molar-refractivity contribution in [3.05, 3.63) is 82.1 Å². The van der Waals surface area contributed by atoms with Gasteiger partial charge in [0.25, 0.3) is 15.9 Å². The van der Waals surface area contributed by atoms with E-state index in [4.69, 9.17) is 27.9 Å². The van der Waals surface area contributed by atoms with E-state index in [2.05, 4.69) is 14.9 Å². The van der Waals surface area contributed by atoms with E-state index >= 15 is 0 Å². The van der Waals surface area contributed by atoms with Crippen LogP contribution in [0.5, 0.6) is 0 Å². The molecule has 1 aliphatic heterocycles. The maximum Gasteiger partial charge on any atom is 0.263 e. The van der Waals surface area contributed by atoms with Gasteiger partial charge in [-0.05, 0) is 60.7 Å². The molecule has 0 atom stereocenters. The third-order valence-corrected chi connectivity index (χ3v) is 7.31. The van der Waals surface area contributed by atoms with Crippen LogP contribution in [0.3, 0.4) is 0 Å². The molecule has 0 bridgehead atoms. The first-order chi connectivity index (χ1) is 16.2. The molecule has 1 amide bonds. The summed E-state index contributed by atoms with van der Waals surface area (Å²) in [7, 11) is -4.18. The molecule has 1 fully saturated rings. The van der Waals surface area contributed by atoms with Crippen LogP contribution in [0, 0.1) is 5.82 Å². The minimum atomic E-state index is -4.18. The standard InChI is InChI=1S/C23H20Cl2FN3O4S/c24-20-14-21(25)22(34(31,32)28-17-3-1-15(26)2-4-17)13-19(20)23(30)27-16-5-7-18(8-6-16)29-9-11-33-12-10-29/h1-8,13-14,28H,9-12H2,(H,27,30). The summed E-state index contributed by atoms with van der Waals surface area (Å²) >= 11 is 12.3. The van der Waals surface area contributed by atoms with Crippen LogP contribution < -0.4 is 14.9 Å². The van der Waals surface area contributed by atoms with Gasteiger partial charge in [-0.25, -0.2) is 12.8 Å². The molecule has 3 aromatic carbocycles. The number of carbonyl (C=O) groups excluding carboxylic acids is 1. The van der Waals surface area contributed by atoms with Crippen LogP contribution in [0.1, 0.15) is 10.4 Å². The van der Waals surface area contributed by atoms with Gasteiger partial charge >= 0.3 is 0 Å². The van der Waals surface area contributed by atoms with Gasteiger partial charge in [0, 0.05) is 30.2 Å². The van der Waals surface area contributed by atoms with Gasteiger partial charge < -0.3 is 15.0 Å². The minimum absolute atomic E-state index is 0.00632. The van der Waals surface area contributed by atoms with Crippen molar-refractivity contribution in [3.8, 4) is 0 Å². The molecule has 7 nitrogen and oxygen atoms in total. The van der Waals surface area contributed by atoms with E-state index in [-0.39, 0.29) is 26.2 Å². The van der Waals surface area contributed by atoms with E-state index in [1.807, 2.05) is 12.1 Å².